The molecule has 0 atom stereocenters. The van der Waals surface area contributed by atoms with Crippen LogP contribution < -0.4 is 5.32 Å². The van der Waals surface area contributed by atoms with Crippen LogP contribution >= 0.6 is 0 Å². The van der Waals surface area contributed by atoms with Crippen molar-refractivity contribution in [1.29, 1.82) is 0 Å². The first kappa shape index (κ1) is 15.3. The highest BCUT2D eigenvalue weighted by Crippen LogP contribution is 2.18. The summed E-state index contributed by atoms with van der Waals surface area (Å²) in [4.78, 5) is 19.6. The second-order valence-corrected chi connectivity index (χ2v) is 4.92. The van der Waals surface area contributed by atoms with Crippen LogP contribution in [0.3, 0.4) is 0 Å². The summed E-state index contributed by atoms with van der Waals surface area (Å²) in [5.41, 5.74) is 2.59. The van der Waals surface area contributed by atoms with E-state index >= 15 is 0 Å². The third-order valence-electron chi connectivity index (χ3n) is 3.17. The number of amidine groups is 1. The van der Waals surface area contributed by atoms with Gasteiger partial charge in [0.1, 0.15) is 5.69 Å². The van der Waals surface area contributed by atoms with Crippen LogP contribution in [0.5, 0.6) is 0 Å². The summed E-state index contributed by atoms with van der Waals surface area (Å²) < 4.78 is 1.69. The third-order valence-corrected chi connectivity index (χ3v) is 3.17. The fraction of sp³-hybridized carbons (Fsp3) is 0.0625. The summed E-state index contributed by atoms with van der Waals surface area (Å²) >= 11 is 0. The Hall–Kier alpha value is -3.55. The van der Waals surface area contributed by atoms with Crippen LogP contribution in [-0.4, -0.2) is 36.7 Å². The molecule has 8 heteroatoms. The van der Waals surface area contributed by atoms with Gasteiger partial charge in [0, 0.05) is 24.9 Å². The maximum Gasteiger partial charge on any atom is 0.222 e. The lowest BCUT2D eigenvalue weighted by atomic mass is 10.2. The third kappa shape index (κ3) is 3.27. The highest BCUT2D eigenvalue weighted by molar-refractivity contribution is 6.06. The largest absolute Gasteiger partial charge is 0.409 e. The number of nitrogens with one attached hydrogen (secondary N) is 1. The second-order valence-electron chi connectivity index (χ2n) is 4.92. The predicted octanol–water partition coefficient (Wildman–Crippen LogP) is 1.60. The molecule has 24 heavy (non-hydrogen) atoms. The number of hydrogen-bond donors (Lipinski definition) is 2. The minimum atomic E-state index is -0.348. The van der Waals surface area contributed by atoms with Gasteiger partial charge in [-0.25, -0.2) is 9.67 Å². The van der Waals surface area contributed by atoms with Crippen molar-refractivity contribution in [2.24, 2.45) is 5.16 Å². The van der Waals surface area contributed by atoms with Gasteiger partial charge in [0.05, 0.1) is 23.8 Å². The minimum Gasteiger partial charge on any atom is -0.409 e. The first-order chi connectivity index (χ1) is 11.7. The van der Waals surface area contributed by atoms with Gasteiger partial charge >= 0.3 is 0 Å². The van der Waals surface area contributed by atoms with Gasteiger partial charge in [-0.1, -0.05) is 11.2 Å². The van der Waals surface area contributed by atoms with Crippen molar-refractivity contribution in [3.63, 3.8) is 0 Å². The number of pyridine rings is 2. The van der Waals surface area contributed by atoms with E-state index in [1.54, 1.807) is 41.5 Å². The second kappa shape index (κ2) is 6.69. The van der Waals surface area contributed by atoms with E-state index in [1.807, 2.05) is 18.3 Å². The van der Waals surface area contributed by atoms with Crippen molar-refractivity contribution in [2.45, 2.75) is 6.92 Å². The molecule has 0 spiro atoms. The highest BCUT2D eigenvalue weighted by Gasteiger charge is 2.11. The van der Waals surface area contributed by atoms with Gasteiger partial charge in [-0.15, -0.1) is 0 Å². The normalized spacial score (nSPS) is 11.3. The molecular formula is C16H14N6O2. The molecule has 0 aromatic carbocycles. The van der Waals surface area contributed by atoms with Crippen LogP contribution in [0.1, 0.15) is 12.6 Å². The first-order valence-electron chi connectivity index (χ1n) is 7.10. The van der Waals surface area contributed by atoms with E-state index in [0.717, 1.165) is 11.3 Å². The van der Waals surface area contributed by atoms with E-state index in [1.165, 1.54) is 6.92 Å². The van der Waals surface area contributed by atoms with Crippen LogP contribution in [0.2, 0.25) is 0 Å². The van der Waals surface area contributed by atoms with Crippen molar-refractivity contribution in [1.82, 2.24) is 25.1 Å². The summed E-state index contributed by atoms with van der Waals surface area (Å²) in [5.74, 6) is -0.358. The van der Waals surface area contributed by atoms with Crippen molar-refractivity contribution in [3.8, 4) is 16.9 Å². The first-order valence-corrected chi connectivity index (χ1v) is 7.10. The number of nitrogens with zero attached hydrogens (tertiary/aromatic N) is 5. The van der Waals surface area contributed by atoms with Crippen molar-refractivity contribution < 1.29 is 10.0 Å². The van der Waals surface area contributed by atoms with Crippen molar-refractivity contribution in [3.05, 3.63) is 60.8 Å². The Morgan fingerprint density at radius 2 is 2.12 bits per heavy atom. The smallest absolute Gasteiger partial charge is 0.222 e. The quantitative estimate of drug-likeness (QED) is 0.330. The summed E-state index contributed by atoms with van der Waals surface area (Å²) in [5, 5.41) is 18.8. The molecule has 2 N–H and O–H groups in total. The zero-order valence-electron chi connectivity index (χ0n) is 12.8. The SMILES string of the molecule is CC(=O)NC(=NO)c1cccc(-c2cnn(-c3cccnc3)c2)n1. The van der Waals surface area contributed by atoms with Crippen LogP contribution in [0.4, 0.5) is 0 Å². The summed E-state index contributed by atoms with van der Waals surface area (Å²) in [6, 6.07) is 8.91. The molecule has 3 aromatic heterocycles. The topological polar surface area (TPSA) is 105 Å². The van der Waals surface area contributed by atoms with E-state index in [9.17, 15) is 4.79 Å². The van der Waals surface area contributed by atoms with E-state index < -0.39 is 0 Å². The van der Waals surface area contributed by atoms with Gasteiger partial charge in [-0.2, -0.15) is 5.10 Å². The van der Waals surface area contributed by atoms with E-state index in [-0.39, 0.29) is 11.7 Å². The molecule has 0 fully saturated rings. The Balaban J connectivity index is 1.92. The Morgan fingerprint density at radius 3 is 2.83 bits per heavy atom. The molecule has 0 bridgehead atoms. The molecule has 0 radical (unpaired) electrons. The number of aromatic nitrogens is 4. The maximum absolute atomic E-state index is 11.2. The molecule has 3 heterocycles. The van der Waals surface area contributed by atoms with E-state index in [4.69, 9.17) is 5.21 Å². The van der Waals surface area contributed by atoms with Gasteiger partial charge in [0.25, 0.3) is 0 Å². The van der Waals surface area contributed by atoms with Gasteiger partial charge in [-0.05, 0) is 24.3 Å². The number of carbonyl (C=O) groups is 1. The number of hydrogen-bond acceptors (Lipinski definition) is 6. The zero-order chi connectivity index (χ0) is 16.9. The van der Waals surface area contributed by atoms with E-state index in [2.05, 4.69) is 25.5 Å². The van der Waals surface area contributed by atoms with Gasteiger partial charge in [0.2, 0.25) is 5.91 Å². The Kier molecular flexibility index (Phi) is 4.28. The summed E-state index contributed by atoms with van der Waals surface area (Å²) in [7, 11) is 0. The lowest BCUT2D eigenvalue weighted by molar-refractivity contribution is -0.117. The number of rotatable bonds is 3. The maximum atomic E-state index is 11.2. The van der Waals surface area contributed by atoms with Crippen LogP contribution in [0, 0.1) is 0 Å². The van der Waals surface area contributed by atoms with Crippen LogP contribution in [0.25, 0.3) is 16.9 Å². The molecule has 0 aliphatic carbocycles. The Bertz CT molecular complexity index is 888. The van der Waals surface area contributed by atoms with Gasteiger partial charge < -0.3 is 10.5 Å². The molecule has 0 saturated carbocycles. The van der Waals surface area contributed by atoms with Crippen molar-refractivity contribution >= 4 is 11.7 Å². The number of carbonyl (C=O) groups excluding carboxylic acids is 1. The fourth-order valence-corrected chi connectivity index (χ4v) is 2.12. The number of amides is 1. The number of oxime groups is 1. The molecular weight excluding hydrogens is 308 g/mol. The van der Waals surface area contributed by atoms with Crippen molar-refractivity contribution in [2.75, 3.05) is 0 Å². The van der Waals surface area contributed by atoms with Crippen LogP contribution in [0.15, 0.2) is 60.3 Å². The van der Waals surface area contributed by atoms with Crippen LogP contribution in [-0.2, 0) is 4.79 Å². The van der Waals surface area contributed by atoms with Gasteiger partial charge in [-0.3, -0.25) is 9.78 Å². The molecule has 1 amide bonds. The molecule has 3 rings (SSSR count). The summed E-state index contributed by atoms with van der Waals surface area (Å²) in [6.07, 6.45) is 6.88. The molecule has 0 aliphatic heterocycles. The monoisotopic (exact) mass is 322 g/mol. The highest BCUT2D eigenvalue weighted by atomic mass is 16.4. The molecule has 0 saturated heterocycles. The fourth-order valence-electron chi connectivity index (χ4n) is 2.12. The Morgan fingerprint density at radius 1 is 1.25 bits per heavy atom. The standard InChI is InChI=1S/C16H14N6O2/c1-11(23)19-16(21-24)15-6-2-5-14(20-15)12-8-18-22(10-12)13-4-3-7-17-9-13/h2-10,24H,1H3,(H,19,21,23). The average molecular weight is 322 g/mol. The lowest BCUT2D eigenvalue weighted by Gasteiger charge is -2.05. The lowest BCUT2D eigenvalue weighted by Crippen LogP contribution is -2.29. The molecule has 120 valence electrons. The molecule has 0 unspecified atom stereocenters. The molecule has 3 aromatic rings. The van der Waals surface area contributed by atoms with E-state index in [0.29, 0.717) is 11.4 Å². The average Bonchev–Trinajstić information content (AvgIpc) is 3.10. The predicted molar refractivity (Wildman–Crippen MR) is 86.7 cm³/mol. The Labute approximate surface area is 137 Å². The van der Waals surface area contributed by atoms with Gasteiger partial charge in [0.15, 0.2) is 5.84 Å². The zero-order valence-corrected chi connectivity index (χ0v) is 12.8. The molecule has 0 aliphatic rings. The molecule has 8 nitrogen and oxygen atoms in total. The minimum absolute atomic E-state index is 0.0102. The summed E-state index contributed by atoms with van der Waals surface area (Å²) in [6.45, 7) is 1.33.